The van der Waals surface area contributed by atoms with Gasteiger partial charge >= 0.3 is 0 Å². The predicted molar refractivity (Wildman–Crippen MR) is 65.6 cm³/mol. The summed E-state index contributed by atoms with van der Waals surface area (Å²) in [5.74, 6) is 0.921. The normalized spacial score (nSPS) is 20.5. The van der Waals surface area contributed by atoms with Crippen LogP contribution < -0.4 is 5.32 Å². The van der Waals surface area contributed by atoms with Crippen molar-refractivity contribution in [1.82, 2.24) is 5.32 Å². The highest BCUT2D eigenvalue weighted by Gasteiger charge is 2.29. The Bertz CT molecular complexity index is 237. The third-order valence-corrected chi connectivity index (χ3v) is 3.95. The molecule has 1 aliphatic heterocycles. The summed E-state index contributed by atoms with van der Waals surface area (Å²) >= 11 is 5.78. The zero-order chi connectivity index (χ0) is 12.2. The molecular formula is C12H22ClNO2. The second-order valence-corrected chi connectivity index (χ2v) is 5.50. The van der Waals surface area contributed by atoms with Crippen LogP contribution in [0, 0.1) is 11.3 Å². The molecular weight excluding hydrogens is 226 g/mol. The first-order valence-electron chi connectivity index (χ1n) is 5.92. The smallest absolute Gasteiger partial charge is 0.227 e. The van der Waals surface area contributed by atoms with E-state index in [1.807, 2.05) is 13.8 Å². The van der Waals surface area contributed by atoms with Crippen molar-refractivity contribution in [2.75, 3.05) is 19.1 Å². The van der Waals surface area contributed by atoms with Crippen LogP contribution >= 0.6 is 11.6 Å². The van der Waals surface area contributed by atoms with E-state index in [1.54, 1.807) is 0 Å². The number of alkyl halides is 1. The Labute approximate surface area is 103 Å². The van der Waals surface area contributed by atoms with Gasteiger partial charge in [0.15, 0.2) is 0 Å². The first-order valence-corrected chi connectivity index (χ1v) is 6.45. The summed E-state index contributed by atoms with van der Waals surface area (Å²) < 4.78 is 5.31. The highest BCUT2D eigenvalue weighted by atomic mass is 35.5. The quantitative estimate of drug-likeness (QED) is 0.774. The van der Waals surface area contributed by atoms with Crippen LogP contribution in [0.15, 0.2) is 0 Å². The van der Waals surface area contributed by atoms with E-state index in [1.165, 1.54) is 0 Å². The van der Waals surface area contributed by atoms with E-state index >= 15 is 0 Å². The van der Waals surface area contributed by atoms with Crippen molar-refractivity contribution < 1.29 is 9.53 Å². The number of rotatable bonds is 4. The van der Waals surface area contributed by atoms with Crippen LogP contribution in [0.5, 0.6) is 0 Å². The number of nitrogens with one attached hydrogen (secondary N) is 1. The summed E-state index contributed by atoms with van der Waals surface area (Å²) in [5.41, 5.74) is -0.485. The molecule has 1 unspecified atom stereocenters. The minimum Gasteiger partial charge on any atom is -0.381 e. The summed E-state index contributed by atoms with van der Waals surface area (Å²) in [6.45, 7) is 7.42. The van der Waals surface area contributed by atoms with Crippen LogP contribution in [0.3, 0.4) is 0 Å². The van der Waals surface area contributed by atoms with Crippen molar-refractivity contribution >= 4 is 17.5 Å². The predicted octanol–water partition coefficient (Wildman–Crippen LogP) is 2.18. The van der Waals surface area contributed by atoms with Gasteiger partial charge < -0.3 is 10.1 Å². The molecule has 0 aromatic heterocycles. The third kappa shape index (κ3) is 3.63. The number of carbonyl (C=O) groups excluding carboxylic acids is 1. The second-order valence-electron chi connectivity index (χ2n) is 5.23. The molecule has 4 heteroatoms. The minimum atomic E-state index is -0.485. The van der Waals surface area contributed by atoms with Gasteiger partial charge in [0, 0.05) is 25.1 Å². The van der Waals surface area contributed by atoms with Crippen molar-refractivity contribution in [2.45, 2.75) is 39.7 Å². The number of halogens is 1. The topological polar surface area (TPSA) is 38.3 Å². The Balaban J connectivity index is 2.43. The van der Waals surface area contributed by atoms with Crippen LogP contribution in [-0.2, 0) is 9.53 Å². The van der Waals surface area contributed by atoms with Crippen LogP contribution in [0.2, 0.25) is 0 Å². The fourth-order valence-electron chi connectivity index (χ4n) is 1.80. The van der Waals surface area contributed by atoms with E-state index in [-0.39, 0.29) is 11.9 Å². The molecule has 1 fully saturated rings. The van der Waals surface area contributed by atoms with Gasteiger partial charge in [-0.1, -0.05) is 0 Å². The summed E-state index contributed by atoms with van der Waals surface area (Å²) in [5, 5.41) is 3.06. The lowest BCUT2D eigenvalue weighted by Crippen LogP contribution is -2.46. The Morgan fingerprint density at radius 3 is 2.56 bits per heavy atom. The van der Waals surface area contributed by atoms with E-state index in [4.69, 9.17) is 16.3 Å². The maximum Gasteiger partial charge on any atom is 0.227 e. The van der Waals surface area contributed by atoms with E-state index < -0.39 is 5.41 Å². The molecule has 1 heterocycles. The van der Waals surface area contributed by atoms with Crippen molar-refractivity contribution in [1.29, 1.82) is 0 Å². The van der Waals surface area contributed by atoms with Gasteiger partial charge in [-0.2, -0.15) is 0 Å². The first kappa shape index (κ1) is 13.8. The van der Waals surface area contributed by atoms with E-state index in [0.29, 0.717) is 11.8 Å². The molecule has 1 saturated heterocycles. The number of amides is 1. The molecule has 0 aromatic rings. The standard InChI is InChI=1S/C12H22ClNO2/c1-9(10-4-6-16-7-5-10)14-11(15)12(2,3)8-13/h9-10H,4-8H2,1-3H3,(H,14,15). The minimum absolute atomic E-state index is 0.0430. The zero-order valence-electron chi connectivity index (χ0n) is 10.4. The van der Waals surface area contributed by atoms with Gasteiger partial charge in [-0.15, -0.1) is 11.6 Å². The number of carbonyl (C=O) groups is 1. The Hall–Kier alpha value is -0.280. The van der Waals surface area contributed by atoms with Crippen molar-refractivity contribution in [2.24, 2.45) is 11.3 Å². The molecule has 16 heavy (non-hydrogen) atoms. The molecule has 0 spiro atoms. The highest BCUT2D eigenvalue weighted by molar-refractivity contribution is 6.19. The molecule has 1 N–H and O–H groups in total. The average molecular weight is 248 g/mol. The molecule has 1 amide bonds. The lowest BCUT2D eigenvalue weighted by molar-refractivity contribution is -0.129. The summed E-state index contributed by atoms with van der Waals surface area (Å²) in [7, 11) is 0. The largest absolute Gasteiger partial charge is 0.381 e. The number of hydrogen-bond acceptors (Lipinski definition) is 2. The zero-order valence-corrected chi connectivity index (χ0v) is 11.1. The Morgan fingerprint density at radius 1 is 1.50 bits per heavy atom. The van der Waals surface area contributed by atoms with Gasteiger partial charge in [0.1, 0.15) is 0 Å². The second kappa shape index (κ2) is 5.87. The van der Waals surface area contributed by atoms with Gasteiger partial charge in [-0.3, -0.25) is 4.79 Å². The SMILES string of the molecule is CC(NC(=O)C(C)(C)CCl)C1CCOCC1. The van der Waals surface area contributed by atoms with E-state index in [0.717, 1.165) is 26.1 Å². The van der Waals surface area contributed by atoms with Crippen LogP contribution in [-0.4, -0.2) is 31.0 Å². The van der Waals surface area contributed by atoms with Gasteiger partial charge in [0.05, 0.1) is 5.41 Å². The highest BCUT2D eigenvalue weighted by Crippen LogP contribution is 2.21. The number of hydrogen-bond donors (Lipinski definition) is 1. The van der Waals surface area contributed by atoms with Crippen molar-refractivity contribution in [3.05, 3.63) is 0 Å². The molecule has 3 nitrogen and oxygen atoms in total. The molecule has 1 rings (SSSR count). The lowest BCUT2D eigenvalue weighted by atomic mass is 9.90. The Kier molecular flexibility index (Phi) is 5.06. The van der Waals surface area contributed by atoms with Crippen molar-refractivity contribution in [3.63, 3.8) is 0 Å². The molecule has 0 radical (unpaired) electrons. The summed E-state index contributed by atoms with van der Waals surface area (Å²) in [6.07, 6.45) is 2.06. The fourth-order valence-corrected chi connectivity index (χ4v) is 1.92. The van der Waals surface area contributed by atoms with Gasteiger partial charge in [0.25, 0.3) is 0 Å². The van der Waals surface area contributed by atoms with Crippen LogP contribution in [0.4, 0.5) is 0 Å². The fraction of sp³-hybridized carbons (Fsp3) is 0.917. The van der Waals surface area contributed by atoms with E-state index in [9.17, 15) is 4.79 Å². The third-order valence-electron chi connectivity index (χ3n) is 3.28. The molecule has 94 valence electrons. The average Bonchev–Trinajstić information content (AvgIpc) is 2.30. The molecule has 1 aliphatic rings. The molecule has 0 saturated carbocycles. The van der Waals surface area contributed by atoms with Gasteiger partial charge in [-0.25, -0.2) is 0 Å². The molecule has 0 bridgehead atoms. The summed E-state index contributed by atoms with van der Waals surface area (Å²) in [6, 6.07) is 0.207. The van der Waals surface area contributed by atoms with Gasteiger partial charge in [0.2, 0.25) is 5.91 Å². The monoisotopic (exact) mass is 247 g/mol. The number of ether oxygens (including phenoxy) is 1. The van der Waals surface area contributed by atoms with Gasteiger partial charge in [-0.05, 0) is 39.5 Å². The van der Waals surface area contributed by atoms with Crippen LogP contribution in [0.1, 0.15) is 33.6 Å². The molecule has 1 atom stereocenters. The lowest BCUT2D eigenvalue weighted by Gasteiger charge is -2.31. The van der Waals surface area contributed by atoms with E-state index in [2.05, 4.69) is 12.2 Å². The maximum absolute atomic E-state index is 11.9. The summed E-state index contributed by atoms with van der Waals surface area (Å²) in [4.78, 5) is 11.9. The first-order chi connectivity index (χ1) is 7.47. The molecule has 0 aromatic carbocycles. The molecule has 0 aliphatic carbocycles. The Morgan fingerprint density at radius 2 is 2.06 bits per heavy atom. The van der Waals surface area contributed by atoms with Crippen LogP contribution in [0.25, 0.3) is 0 Å². The van der Waals surface area contributed by atoms with Crippen molar-refractivity contribution in [3.8, 4) is 0 Å². The maximum atomic E-state index is 11.9.